The van der Waals surface area contributed by atoms with Crippen LogP contribution in [-0.2, 0) is 9.53 Å². The van der Waals surface area contributed by atoms with Crippen LogP contribution in [0.25, 0.3) is 0 Å². The maximum atomic E-state index is 11.2. The number of nitrogens with zero attached hydrogens (tertiary/aromatic N) is 1. The van der Waals surface area contributed by atoms with E-state index in [0.29, 0.717) is 0 Å². The number of hydrogen-bond donors (Lipinski definition) is 1. The Labute approximate surface area is 107 Å². The summed E-state index contributed by atoms with van der Waals surface area (Å²) in [7, 11) is 1.25. The van der Waals surface area contributed by atoms with Gasteiger partial charge in [0.05, 0.1) is 13.2 Å². The summed E-state index contributed by atoms with van der Waals surface area (Å²) in [5.74, 6) is -0.632. The van der Waals surface area contributed by atoms with Crippen molar-refractivity contribution < 1.29 is 9.53 Å². The number of nitrogens with one attached hydrogen (secondary N) is 1. The molecule has 4 heteroatoms. The van der Waals surface area contributed by atoms with Gasteiger partial charge in [0, 0.05) is 6.20 Å². The molecular weight excluding hydrogens is 228 g/mol. The number of benzene rings is 1. The lowest BCUT2D eigenvalue weighted by Gasteiger charge is -2.15. The van der Waals surface area contributed by atoms with Crippen molar-refractivity contribution in [1.82, 2.24) is 5.32 Å². The first-order valence-electron chi connectivity index (χ1n) is 5.72. The lowest BCUT2D eigenvalue weighted by molar-refractivity contribution is -0.135. The van der Waals surface area contributed by atoms with Crippen molar-refractivity contribution in [2.75, 3.05) is 7.11 Å². The van der Waals surface area contributed by atoms with Gasteiger partial charge in [0.2, 0.25) is 0 Å². The van der Waals surface area contributed by atoms with Gasteiger partial charge in [0.1, 0.15) is 6.07 Å². The summed E-state index contributed by atoms with van der Waals surface area (Å²) in [5.41, 5.74) is 1.07. The number of nitriles is 1. The first kappa shape index (κ1) is 13.8. The summed E-state index contributed by atoms with van der Waals surface area (Å²) >= 11 is 0. The lowest BCUT2D eigenvalue weighted by Crippen LogP contribution is -2.17. The van der Waals surface area contributed by atoms with Crippen LogP contribution in [0, 0.1) is 11.3 Å². The SMILES string of the molecule is CCC(N/C=C(\C#N)C(=O)OC)c1ccccc1. The first-order valence-corrected chi connectivity index (χ1v) is 5.72. The molecule has 0 amide bonds. The fraction of sp³-hybridized carbons (Fsp3) is 0.286. The average molecular weight is 244 g/mol. The highest BCUT2D eigenvalue weighted by Gasteiger charge is 2.11. The van der Waals surface area contributed by atoms with Crippen molar-refractivity contribution in [1.29, 1.82) is 5.26 Å². The van der Waals surface area contributed by atoms with Gasteiger partial charge in [-0.1, -0.05) is 37.3 Å². The molecule has 1 rings (SSSR count). The summed E-state index contributed by atoms with van der Waals surface area (Å²) in [6.07, 6.45) is 2.26. The Hall–Kier alpha value is -2.28. The molecule has 0 radical (unpaired) electrons. The molecule has 0 heterocycles. The zero-order chi connectivity index (χ0) is 13.4. The third kappa shape index (κ3) is 3.63. The van der Waals surface area contributed by atoms with E-state index in [2.05, 4.69) is 10.1 Å². The average Bonchev–Trinajstić information content (AvgIpc) is 2.44. The Morgan fingerprint density at radius 2 is 2.17 bits per heavy atom. The van der Waals surface area contributed by atoms with E-state index in [1.807, 2.05) is 43.3 Å². The monoisotopic (exact) mass is 244 g/mol. The number of hydrogen-bond acceptors (Lipinski definition) is 4. The third-order valence-electron chi connectivity index (χ3n) is 2.56. The molecule has 1 atom stereocenters. The van der Waals surface area contributed by atoms with E-state index in [-0.39, 0.29) is 11.6 Å². The zero-order valence-electron chi connectivity index (χ0n) is 10.5. The van der Waals surface area contributed by atoms with Crippen LogP contribution in [0.15, 0.2) is 42.1 Å². The van der Waals surface area contributed by atoms with Crippen molar-refractivity contribution in [3.63, 3.8) is 0 Å². The summed E-state index contributed by atoms with van der Waals surface area (Å²) in [6, 6.07) is 11.7. The van der Waals surface area contributed by atoms with Gasteiger partial charge in [0.15, 0.2) is 5.57 Å². The largest absolute Gasteiger partial charge is 0.465 e. The second-order valence-corrected chi connectivity index (χ2v) is 3.70. The molecule has 0 spiro atoms. The number of esters is 1. The molecule has 0 aromatic heterocycles. The van der Waals surface area contributed by atoms with E-state index in [4.69, 9.17) is 5.26 Å². The molecule has 1 unspecified atom stereocenters. The van der Waals surface area contributed by atoms with Crippen molar-refractivity contribution in [2.45, 2.75) is 19.4 Å². The Morgan fingerprint density at radius 3 is 2.67 bits per heavy atom. The molecule has 1 aromatic carbocycles. The molecule has 0 aliphatic carbocycles. The van der Waals surface area contributed by atoms with E-state index in [1.165, 1.54) is 13.3 Å². The molecule has 1 N–H and O–H groups in total. The van der Waals surface area contributed by atoms with Crippen molar-refractivity contribution >= 4 is 5.97 Å². The summed E-state index contributed by atoms with van der Waals surface area (Å²) < 4.78 is 4.51. The Bertz CT molecular complexity index is 460. The van der Waals surface area contributed by atoms with Crippen LogP contribution in [0.4, 0.5) is 0 Å². The molecule has 0 bridgehead atoms. The third-order valence-corrected chi connectivity index (χ3v) is 2.56. The van der Waals surface area contributed by atoms with E-state index in [9.17, 15) is 4.79 Å². The van der Waals surface area contributed by atoms with Crippen LogP contribution in [-0.4, -0.2) is 13.1 Å². The molecule has 0 fully saturated rings. The van der Waals surface area contributed by atoms with Crippen LogP contribution < -0.4 is 5.32 Å². The van der Waals surface area contributed by atoms with E-state index >= 15 is 0 Å². The molecule has 0 saturated carbocycles. The molecule has 4 nitrogen and oxygen atoms in total. The Balaban J connectivity index is 2.79. The van der Waals surface area contributed by atoms with Gasteiger partial charge in [-0.3, -0.25) is 0 Å². The minimum Gasteiger partial charge on any atom is -0.465 e. The maximum absolute atomic E-state index is 11.2. The molecule has 0 aliphatic rings. The lowest BCUT2D eigenvalue weighted by atomic mass is 10.1. The van der Waals surface area contributed by atoms with Gasteiger partial charge in [-0.2, -0.15) is 5.26 Å². The van der Waals surface area contributed by atoms with Crippen molar-refractivity contribution in [3.05, 3.63) is 47.7 Å². The van der Waals surface area contributed by atoms with Gasteiger partial charge >= 0.3 is 5.97 Å². The van der Waals surface area contributed by atoms with E-state index in [1.54, 1.807) is 0 Å². The van der Waals surface area contributed by atoms with Crippen LogP contribution in [0.1, 0.15) is 24.9 Å². The Morgan fingerprint density at radius 1 is 1.50 bits per heavy atom. The number of carbonyl (C=O) groups is 1. The van der Waals surface area contributed by atoms with Gasteiger partial charge in [-0.25, -0.2) is 4.79 Å². The van der Waals surface area contributed by atoms with Gasteiger partial charge in [-0.15, -0.1) is 0 Å². The van der Waals surface area contributed by atoms with Gasteiger partial charge < -0.3 is 10.1 Å². The smallest absolute Gasteiger partial charge is 0.350 e. The molecule has 94 valence electrons. The highest BCUT2D eigenvalue weighted by Crippen LogP contribution is 2.16. The Kier molecular flexibility index (Phi) is 5.46. The van der Waals surface area contributed by atoms with Gasteiger partial charge in [-0.05, 0) is 12.0 Å². The van der Waals surface area contributed by atoms with Gasteiger partial charge in [0.25, 0.3) is 0 Å². The highest BCUT2D eigenvalue weighted by atomic mass is 16.5. The molecule has 1 aromatic rings. The predicted molar refractivity (Wildman–Crippen MR) is 68.3 cm³/mol. The standard InChI is InChI=1S/C14H16N2O2/c1-3-13(11-7-5-4-6-8-11)16-10-12(9-15)14(17)18-2/h4-8,10,13,16H,3H2,1-2H3/b12-10+. The second-order valence-electron chi connectivity index (χ2n) is 3.70. The minimum absolute atomic E-state index is 0.0353. The van der Waals surface area contributed by atoms with Crippen LogP contribution in [0.2, 0.25) is 0 Å². The molecule has 0 aliphatic heterocycles. The summed E-state index contributed by atoms with van der Waals surface area (Å²) in [5, 5.41) is 11.9. The zero-order valence-corrected chi connectivity index (χ0v) is 10.5. The van der Waals surface area contributed by atoms with Crippen molar-refractivity contribution in [2.24, 2.45) is 0 Å². The maximum Gasteiger partial charge on any atom is 0.350 e. The predicted octanol–water partition coefficient (Wildman–Crippen LogP) is 2.31. The number of carbonyl (C=O) groups excluding carboxylic acids is 1. The van der Waals surface area contributed by atoms with Crippen LogP contribution >= 0.6 is 0 Å². The van der Waals surface area contributed by atoms with E-state index in [0.717, 1.165) is 12.0 Å². The van der Waals surface area contributed by atoms with Crippen molar-refractivity contribution in [3.8, 4) is 6.07 Å². The fourth-order valence-electron chi connectivity index (χ4n) is 1.57. The quantitative estimate of drug-likeness (QED) is 0.490. The second kappa shape index (κ2) is 7.13. The summed E-state index contributed by atoms with van der Waals surface area (Å²) in [6.45, 7) is 2.03. The van der Waals surface area contributed by atoms with Crippen LogP contribution in [0.3, 0.4) is 0 Å². The molecular formula is C14H16N2O2. The van der Waals surface area contributed by atoms with E-state index < -0.39 is 5.97 Å². The van der Waals surface area contributed by atoms with Crippen LogP contribution in [0.5, 0.6) is 0 Å². The summed E-state index contributed by atoms with van der Waals surface area (Å²) in [4.78, 5) is 11.2. The number of methoxy groups -OCH3 is 1. The fourth-order valence-corrected chi connectivity index (χ4v) is 1.57. The molecule has 18 heavy (non-hydrogen) atoms. The first-order chi connectivity index (χ1) is 8.72. The highest BCUT2D eigenvalue weighted by molar-refractivity contribution is 5.92. The topological polar surface area (TPSA) is 62.1 Å². The molecule has 0 saturated heterocycles. The minimum atomic E-state index is -0.632. The number of ether oxygens (including phenoxy) is 1. The normalized spacial score (nSPS) is 12.4. The number of rotatable bonds is 5.